The number of carbonyl (C=O) groups is 1. The Morgan fingerprint density at radius 1 is 1.17 bits per heavy atom. The van der Waals surface area contributed by atoms with Gasteiger partial charge in [-0.2, -0.15) is 11.8 Å². The molecule has 0 unspecified atom stereocenters. The van der Waals surface area contributed by atoms with Gasteiger partial charge in [0.15, 0.2) is 6.10 Å². The summed E-state index contributed by atoms with van der Waals surface area (Å²) in [5.41, 5.74) is 1.23. The molecule has 2 aromatic carbocycles. The highest BCUT2D eigenvalue weighted by Gasteiger charge is 2.13. The van der Waals surface area contributed by atoms with Gasteiger partial charge in [0.2, 0.25) is 0 Å². The second-order valence-electron chi connectivity index (χ2n) is 5.04. The zero-order valence-corrected chi connectivity index (χ0v) is 14.6. The van der Waals surface area contributed by atoms with Crippen LogP contribution < -0.4 is 10.1 Å². The molecule has 0 heterocycles. The van der Waals surface area contributed by atoms with Crippen molar-refractivity contribution in [3.05, 3.63) is 65.2 Å². The molecule has 2 aromatic rings. The highest BCUT2D eigenvalue weighted by Crippen LogP contribution is 2.15. The Kier molecular flexibility index (Phi) is 7.30. The van der Waals surface area contributed by atoms with Gasteiger partial charge >= 0.3 is 0 Å². The van der Waals surface area contributed by atoms with Crippen molar-refractivity contribution in [3.8, 4) is 5.75 Å². The van der Waals surface area contributed by atoms with Crippen LogP contribution in [0.3, 0.4) is 0 Å². The molecule has 2 rings (SSSR count). The fourth-order valence-corrected chi connectivity index (χ4v) is 2.86. The molecule has 0 fully saturated rings. The molecule has 0 bridgehead atoms. The minimum atomic E-state index is -0.501. The van der Waals surface area contributed by atoms with Crippen LogP contribution in [0.15, 0.2) is 54.6 Å². The Labute approximate surface area is 146 Å². The number of ether oxygens (including phenoxy) is 1. The normalized spacial score (nSPS) is 11.7. The van der Waals surface area contributed by atoms with Crippen molar-refractivity contribution in [2.24, 2.45) is 0 Å². The molecule has 0 aliphatic carbocycles. The van der Waals surface area contributed by atoms with Gasteiger partial charge in [-0.15, -0.1) is 0 Å². The lowest BCUT2D eigenvalue weighted by molar-refractivity contribution is -0.127. The van der Waals surface area contributed by atoms with Crippen molar-refractivity contribution in [3.63, 3.8) is 0 Å². The smallest absolute Gasteiger partial charge is 0.260 e. The minimum Gasteiger partial charge on any atom is -0.481 e. The van der Waals surface area contributed by atoms with E-state index in [9.17, 15) is 4.79 Å². The van der Waals surface area contributed by atoms with E-state index in [1.165, 1.54) is 5.56 Å². The van der Waals surface area contributed by atoms with E-state index < -0.39 is 6.10 Å². The van der Waals surface area contributed by atoms with Crippen LogP contribution in [0.25, 0.3) is 0 Å². The third kappa shape index (κ3) is 6.55. The van der Waals surface area contributed by atoms with Gasteiger partial charge in [-0.05, 0) is 36.8 Å². The largest absolute Gasteiger partial charge is 0.481 e. The van der Waals surface area contributed by atoms with Crippen molar-refractivity contribution >= 4 is 29.3 Å². The number of carbonyl (C=O) groups excluding carboxylic acids is 1. The number of benzene rings is 2. The van der Waals surface area contributed by atoms with Crippen molar-refractivity contribution < 1.29 is 9.53 Å². The molecule has 1 atom stereocenters. The highest BCUT2D eigenvalue weighted by molar-refractivity contribution is 7.98. The van der Waals surface area contributed by atoms with Gasteiger partial charge < -0.3 is 10.1 Å². The summed E-state index contributed by atoms with van der Waals surface area (Å²) in [7, 11) is 0. The van der Waals surface area contributed by atoms with Crippen molar-refractivity contribution in [2.75, 3.05) is 12.3 Å². The maximum Gasteiger partial charge on any atom is 0.260 e. The summed E-state index contributed by atoms with van der Waals surface area (Å²) < 4.78 is 5.58. The number of thioether (sulfide) groups is 1. The molecule has 23 heavy (non-hydrogen) atoms. The molecule has 0 saturated carbocycles. The summed E-state index contributed by atoms with van der Waals surface area (Å²) in [6.07, 6.45) is -0.501. The van der Waals surface area contributed by atoms with E-state index in [1.807, 2.05) is 54.6 Å². The quantitative estimate of drug-likeness (QED) is 0.727. The first kappa shape index (κ1) is 17.7. The van der Waals surface area contributed by atoms with E-state index in [4.69, 9.17) is 16.3 Å². The topological polar surface area (TPSA) is 38.3 Å². The van der Waals surface area contributed by atoms with Crippen LogP contribution in [0.5, 0.6) is 5.75 Å². The molecular weight excluding hydrogens is 330 g/mol. The summed E-state index contributed by atoms with van der Waals surface area (Å²) >= 11 is 7.62. The Morgan fingerprint density at radius 2 is 1.87 bits per heavy atom. The fraction of sp³-hybridized carbons (Fsp3) is 0.278. The molecule has 0 spiro atoms. The Morgan fingerprint density at radius 3 is 2.57 bits per heavy atom. The van der Waals surface area contributed by atoms with Crippen molar-refractivity contribution in [1.29, 1.82) is 0 Å². The van der Waals surface area contributed by atoms with Gasteiger partial charge in [-0.1, -0.05) is 41.9 Å². The molecule has 0 saturated heterocycles. The third-order valence-corrected chi connectivity index (χ3v) is 4.44. The summed E-state index contributed by atoms with van der Waals surface area (Å²) in [4.78, 5) is 12.0. The van der Waals surface area contributed by atoms with E-state index in [2.05, 4.69) is 5.32 Å². The van der Waals surface area contributed by atoms with Crippen LogP contribution in [-0.2, 0) is 10.5 Å². The van der Waals surface area contributed by atoms with E-state index in [-0.39, 0.29) is 5.91 Å². The van der Waals surface area contributed by atoms with Gasteiger partial charge in [0.05, 0.1) is 0 Å². The molecule has 1 amide bonds. The Bertz CT molecular complexity index is 604. The lowest BCUT2D eigenvalue weighted by Crippen LogP contribution is -2.37. The number of hydrogen-bond donors (Lipinski definition) is 1. The molecule has 122 valence electrons. The van der Waals surface area contributed by atoms with Crippen LogP contribution in [0.2, 0.25) is 5.02 Å². The van der Waals surface area contributed by atoms with Gasteiger partial charge in [-0.3, -0.25) is 4.79 Å². The third-order valence-electron chi connectivity index (χ3n) is 3.15. The summed E-state index contributed by atoms with van der Waals surface area (Å²) in [5, 5.41) is 3.64. The molecule has 0 radical (unpaired) electrons. The maximum atomic E-state index is 12.0. The predicted octanol–water partition coefficient (Wildman–Crippen LogP) is 4.16. The Hall–Kier alpha value is -1.65. The van der Waals surface area contributed by atoms with Crippen molar-refractivity contribution in [2.45, 2.75) is 18.8 Å². The average molecular weight is 350 g/mol. The molecule has 0 aromatic heterocycles. The van der Waals surface area contributed by atoms with Gasteiger partial charge in [0.1, 0.15) is 5.75 Å². The van der Waals surface area contributed by atoms with E-state index >= 15 is 0 Å². The molecule has 3 nitrogen and oxygen atoms in total. The second kappa shape index (κ2) is 9.48. The number of halogens is 1. The van der Waals surface area contributed by atoms with Crippen molar-refractivity contribution in [1.82, 2.24) is 5.32 Å². The first-order valence-electron chi connectivity index (χ1n) is 7.47. The van der Waals surface area contributed by atoms with Gasteiger partial charge in [-0.25, -0.2) is 0 Å². The average Bonchev–Trinajstić information content (AvgIpc) is 2.57. The zero-order valence-electron chi connectivity index (χ0n) is 13.0. The summed E-state index contributed by atoms with van der Waals surface area (Å²) in [6, 6.07) is 17.2. The Balaban J connectivity index is 1.61. The molecule has 0 aliphatic rings. The van der Waals surface area contributed by atoms with E-state index in [1.54, 1.807) is 18.7 Å². The summed E-state index contributed by atoms with van der Waals surface area (Å²) in [6.45, 7) is 2.38. The van der Waals surface area contributed by atoms with Crippen LogP contribution in [0.4, 0.5) is 0 Å². The first-order valence-corrected chi connectivity index (χ1v) is 9.00. The van der Waals surface area contributed by atoms with Gasteiger partial charge in [0.25, 0.3) is 5.91 Å². The van der Waals surface area contributed by atoms with Crippen LogP contribution >= 0.6 is 23.4 Å². The minimum absolute atomic E-state index is 0.0963. The fourth-order valence-electron chi connectivity index (χ4n) is 1.92. The molecular formula is C18H20ClNO2S. The predicted molar refractivity (Wildman–Crippen MR) is 97.2 cm³/mol. The van der Waals surface area contributed by atoms with Gasteiger partial charge in [0, 0.05) is 23.1 Å². The maximum absolute atomic E-state index is 12.0. The monoisotopic (exact) mass is 349 g/mol. The first-order chi connectivity index (χ1) is 11.1. The van der Waals surface area contributed by atoms with E-state index in [0.717, 1.165) is 16.5 Å². The SMILES string of the molecule is C[C@@H](Oc1ccccc1)C(=O)NCCSCc1ccc(Cl)cc1. The zero-order chi connectivity index (χ0) is 16.5. The number of para-hydroxylation sites is 1. The lowest BCUT2D eigenvalue weighted by Gasteiger charge is -2.14. The second-order valence-corrected chi connectivity index (χ2v) is 6.58. The van der Waals surface area contributed by atoms with E-state index in [0.29, 0.717) is 12.3 Å². The molecule has 5 heteroatoms. The van der Waals surface area contributed by atoms with Crippen LogP contribution in [0, 0.1) is 0 Å². The molecule has 1 N–H and O–H groups in total. The highest BCUT2D eigenvalue weighted by atomic mass is 35.5. The number of rotatable bonds is 8. The van der Waals surface area contributed by atoms with Crippen LogP contribution in [0.1, 0.15) is 12.5 Å². The number of amides is 1. The number of hydrogen-bond acceptors (Lipinski definition) is 3. The lowest BCUT2D eigenvalue weighted by atomic mass is 10.2. The standard InChI is InChI=1S/C18H20ClNO2S/c1-14(22-17-5-3-2-4-6-17)18(21)20-11-12-23-13-15-7-9-16(19)10-8-15/h2-10,14H,11-13H2,1H3,(H,20,21)/t14-/m1/s1. The molecule has 0 aliphatic heterocycles. The summed E-state index contributed by atoms with van der Waals surface area (Å²) in [5.74, 6) is 2.36. The number of nitrogens with one attached hydrogen (secondary N) is 1. The van der Waals surface area contributed by atoms with Crippen LogP contribution in [-0.4, -0.2) is 24.3 Å².